The molecule has 0 unspecified atom stereocenters. The van der Waals surface area contributed by atoms with E-state index < -0.39 is 0 Å². The molecule has 2 heterocycles. The van der Waals surface area contributed by atoms with Crippen LogP contribution in [0, 0.1) is 20.8 Å². The first kappa shape index (κ1) is 17.4. The van der Waals surface area contributed by atoms with Gasteiger partial charge in [0.2, 0.25) is 11.0 Å². The highest BCUT2D eigenvalue weighted by atomic mass is 32.2. The van der Waals surface area contributed by atoms with Crippen LogP contribution in [0.5, 0.6) is 0 Å². The summed E-state index contributed by atoms with van der Waals surface area (Å²) in [4.78, 5) is 11.9. The predicted molar refractivity (Wildman–Crippen MR) is 99.7 cm³/mol. The molecule has 130 valence electrons. The van der Waals surface area contributed by atoms with Gasteiger partial charge in [-0.25, -0.2) is 0 Å². The molecule has 0 bridgehead atoms. The minimum absolute atomic E-state index is 0.169. The van der Waals surface area contributed by atoms with E-state index >= 15 is 0 Å². The number of aryl methyl sites for hydroxylation is 2. The van der Waals surface area contributed by atoms with Gasteiger partial charge in [0.05, 0.1) is 5.75 Å². The SMILES string of the molecule is Cc1cc(NC(=O)CSc2nnc(Nc3cccc(C)c3C)s2)no1. The number of nitrogens with zero attached hydrogens (tertiary/aromatic N) is 3. The number of nitrogens with one attached hydrogen (secondary N) is 2. The quantitative estimate of drug-likeness (QED) is 0.631. The van der Waals surface area contributed by atoms with Crippen molar-refractivity contribution in [2.24, 2.45) is 0 Å². The summed E-state index contributed by atoms with van der Waals surface area (Å²) in [6.07, 6.45) is 0. The molecule has 0 aliphatic rings. The van der Waals surface area contributed by atoms with Crippen LogP contribution in [0.25, 0.3) is 0 Å². The van der Waals surface area contributed by atoms with Gasteiger partial charge in [0, 0.05) is 11.8 Å². The Bertz CT molecular complexity index is 890. The largest absolute Gasteiger partial charge is 0.360 e. The fourth-order valence-electron chi connectivity index (χ4n) is 2.05. The van der Waals surface area contributed by atoms with Crippen LogP contribution in [0.15, 0.2) is 33.1 Å². The highest BCUT2D eigenvalue weighted by Gasteiger charge is 2.11. The molecule has 0 aliphatic heterocycles. The molecule has 1 amide bonds. The number of rotatable bonds is 6. The summed E-state index contributed by atoms with van der Waals surface area (Å²) in [6.45, 7) is 5.89. The summed E-state index contributed by atoms with van der Waals surface area (Å²) in [5.41, 5.74) is 3.39. The Balaban J connectivity index is 1.54. The molecule has 0 saturated carbocycles. The van der Waals surface area contributed by atoms with Crippen LogP contribution in [-0.4, -0.2) is 27.0 Å². The monoisotopic (exact) mass is 375 g/mol. The van der Waals surface area contributed by atoms with Crippen LogP contribution in [0.4, 0.5) is 16.6 Å². The Morgan fingerprint density at radius 2 is 2.12 bits per heavy atom. The standard InChI is InChI=1S/C16H17N5O2S2/c1-9-5-4-6-12(11(9)3)17-15-19-20-16(25-15)24-8-14(22)18-13-7-10(2)23-21-13/h4-7H,8H2,1-3H3,(H,17,19)(H,18,21,22). The van der Waals surface area contributed by atoms with Crippen LogP contribution >= 0.6 is 23.1 Å². The molecule has 2 aromatic heterocycles. The molecular formula is C16H17N5O2S2. The van der Waals surface area contributed by atoms with Crippen molar-refractivity contribution >= 4 is 45.6 Å². The lowest BCUT2D eigenvalue weighted by molar-refractivity contribution is -0.113. The van der Waals surface area contributed by atoms with Gasteiger partial charge in [0.15, 0.2) is 10.2 Å². The number of aromatic nitrogens is 3. The highest BCUT2D eigenvalue weighted by molar-refractivity contribution is 8.01. The van der Waals surface area contributed by atoms with Gasteiger partial charge in [-0.3, -0.25) is 4.79 Å². The van der Waals surface area contributed by atoms with E-state index in [1.54, 1.807) is 13.0 Å². The van der Waals surface area contributed by atoms with Crippen LogP contribution < -0.4 is 10.6 Å². The second-order valence-electron chi connectivity index (χ2n) is 5.41. The van der Waals surface area contributed by atoms with E-state index in [1.165, 1.54) is 34.2 Å². The van der Waals surface area contributed by atoms with Crippen LogP contribution in [-0.2, 0) is 4.79 Å². The van der Waals surface area contributed by atoms with Crippen molar-refractivity contribution in [1.82, 2.24) is 15.4 Å². The first-order chi connectivity index (χ1) is 12.0. The summed E-state index contributed by atoms with van der Waals surface area (Å²) in [7, 11) is 0. The van der Waals surface area contributed by atoms with Crippen molar-refractivity contribution in [3.05, 3.63) is 41.2 Å². The zero-order chi connectivity index (χ0) is 17.8. The maximum atomic E-state index is 11.9. The number of hydrogen-bond acceptors (Lipinski definition) is 8. The number of amides is 1. The van der Waals surface area contributed by atoms with E-state index in [2.05, 4.69) is 45.9 Å². The third-order valence-electron chi connectivity index (χ3n) is 3.47. The molecule has 0 fully saturated rings. The van der Waals surface area contributed by atoms with E-state index in [0.29, 0.717) is 16.7 Å². The average Bonchev–Trinajstić information content (AvgIpc) is 3.19. The molecule has 1 aromatic carbocycles. The number of benzene rings is 1. The predicted octanol–water partition coefficient (Wildman–Crippen LogP) is 3.93. The van der Waals surface area contributed by atoms with Crippen LogP contribution in [0.2, 0.25) is 0 Å². The zero-order valence-electron chi connectivity index (χ0n) is 14.0. The topological polar surface area (TPSA) is 92.9 Å². The van der Waals surface area contributed by atoms with Crippen molar-refractivity contribution in [1.29, 1.82) is 0 Å². The van der Waals surface area contributed by atoms with Gasteiger partial charge >= 0.3 is 0 Å². The Hall–Kier alpha value is -2.39. The molecule has 9 heteroatoms. The first-order valence-corrected chi connectivity index (χ1v) is 9.34. The van der Waals surface area contributed by atoms with Crippen LogP contribution in [0.1, 0.15) is 16.9 Å². The molecule has 0 aliphatic carbocycles. The maximum Gasteiger partial charge on any atom is 0.236 e. The lowest BCUT2D eigenvalue weighted by atomic mass is 10.1. The number of anilines is 3. The molecule has 0 spiro atoms. The summed E-state index contributed by atoms with van der Waals surface area (Å²) >= 11 is 2.74. The molecule has 0 saturated heterocycles. The average molecular weight is 375 g/mol. The molecule has 0 radical (unpaired) electrons. The van der Waals surface area contributed by atoms with Gasteiger partial charge in [0.25, 0.3) is 0 Å². The molecule has 3 aromatic rings. The van der Waals surface area contributed by atoms with Crippen molar-refractivity contribution in [2.45, 2.75) is 25.1 Å². The van der Waals surface area contributed by atoms with Gasteiger partial charge in [0.1, 0.15) is 5.76 Å². The maximum absolute atomic E-state index is 11.9. The second-order valence-corrected chi connectivity index (χ2v) is 7.61. The van der Waals surface area contributed by atoms with Gasteiger partial charge in [-0.1, -0.05) is 40.4 Å². The smallest absolute Gasteiger partial charge is 0.236 e. The minimum Gasteiger partial charge on any atom is -0.360 e. The number of carbonyl (C=O) groups excluding carboxylic acids is 1. The van der Waals surface area contributed by atoms with Crippen LogP contribution in [0.3, 0.4) is 0 Å². The van der Waals surface area contributed by atoms with Crippen molar-refractivity contribution in [2.75, 3.05) is 16.4 Å². The fraction of sp³-hybridized carbons (Fsp3) is 0.250. The van der Waals surface area contributed by atoms with E-state index in [-0.39, 0.29) is 11.7 Å². The summed E-state index contributed by atoms with van der Waals surface area (Å²) < 4.78 is 5.63. The number of hydrogen-bond donors (Lipinski definition) is 2. The summed E-state index contributed by atoms with van der Waals surface area (Å²) in [5, 5.41) is 18.6. The lowest BCUT2D eigenvalue weighted by Gasteiger charge is -2.08. The molecule has 2 N–H and O–H groups in total. The summed E-state index contributed by atoms with van der Waals surface area (Å²) in [6, 6.07) is 7.73. The van der Waals surface area contributed by atoms with Crippen molar-refractivity contribution in [3.8, 4) is 0 Å². The highest BCUT2D eigenvalue weighted by Crippen LogP contribution is 2.29. The molecule has 25 heavy (non-hydrogen) atoms. The van der Waals surface area contributed by atoms with Gasteiger partial charge < -0.3 is 15.2 Å². The first-order valence-electron chi connectivity index (χ1n) is 7.54. The van der Waals surface area contributed by atoms with Crippen molar-refractivity contribution in [3.63, 3.8) is 0 Å². The van der Waals surface area contributed by atoms with E-state index in [4.69, 9.17) is 4.52 Å². The fourth-order valence-corrected chi connectivity index (χ4v) is 3.62. The van der Waals surface area contributed by atoms with Crippen molar-refractivity contribution < 1.29 is 9.32 Å². The lowest BCUT2D eigenvalue weighted by Crippen LogP contribution is -2.14. The Morgan fingerprint density at radius 1 is 1.28 bits per heavy atom. The van der Waals surface area contributed by atoms with E-state index in [0.717, 1.165) is 10.0 Å². The number of carbonyl (C=O) groups is 1. The Kier molecular flexibility index (Phi) is 5.34. The molecule has 0 atom stereocenters. The zero-order valence-corrected chi connectivity index (χ0v) is 15.6. The Morgan fingerprint density at radius 3 is 2.88 bits per heavy atom. The van der Waals surface area contributed by atoms with Gasteiger partial charge in [-0.05, 0) is 38.0 Å². The van der Waals surface area contributed by atoms with Gasteiger partial charge in [-0.15, -0.1) is 10.2 Å². The number of thioether (sulfide) groups is 1. The molecule has 7 nitrogen and oxygen atoms in total. The minimum atomic E-state index is -0.169. The van der Waals surface area contributed by atoms with E-state index in [9.17, 15) is 4.79 Å². The van der Waals surface area contributed by atoms with E-state index in [1.807, 2.05) is 12.1 Å². The second kappa shape index (κ2) is 7.66. The normalized spacial score (nSPS) is 10.7. The van der Waals surface area contributed by atoms with Gasteiger partial charge in [-0.2, -0.15) is 0 Å². The molecule has 3 rings (SSSR count). The summed E-state index contributed by atoms with van der Waals surface area (Å²) in [5.74, 6) is 1.12. The molecular weight excluding hydrogens is 358 g/mol. The third kappa shape index (κ3) is 4.58. The third-order valence-corrected chi connectivity index (χ3v) is 5.45. The Labute approximate surface area is 153 Å².